The Morgan fingerprint density at radius 2 is 1.89 bits per heavy atom. The normalized spacial score (nSPS) is 11.2. The van der Waals surface area contributed by atoms with Crippen molar-refractivity contribution in [3.63, 3.8) is 0 Å². The molecule has 2 aromatic rings. The van der Waals surface area contributed by atoms with Gasteiger partial charge < -0.3 is 10.3 Å². The van der Waals surface area contributed by atoms with Gasteiger partial charge in [0.05, 0.1) is 17.6 Å². The fourth-order valence-electron chi connectivity index (χ4n) is 1.73. The van der Waals surface area contributed by atoms with E-state index in [1.165, 1.54) is 18.5 Å². The van der Waals surface area contributed by atoms with Crippen LogP contribution in [0.4, 0.5) is 13.2 Å². The molecule has 2 rings (SSSR count). The molecular formula is C12H13ClF3N3. The lowest BCUT2D eigenvalue weighted by atomic mass is 10.1. The summed E-state index contributed by atoms with van der Waals surface area (Å²) in [5, 5.41) is 0. The highest BCUT2D eigenvalue weighted by Gasteiger charge is 2.32. The Kier molecular flexibility index (Phi) is 4.97. The summed E-state index contributed by atoms with van der Waals surface area (Å²) in [7, 11) is 0. The van der Waals surface area contributed by atoms with Crippen molar-refractivity contribution in [1.82, 2.24) is 9.55 Å². The second kappa shape index (κ2) is 6.08. The number of rotatable bonds is 3. The Hall–Kier alpha value is -1.53. The van der Waals surface area contributed by atoms with Crippen molar-refractivity contribution in [3.05, 3.63) is 53.6 Å². The summed E-state index contributed by atoms with van der Waals surface area (Å²) in [6.07, 6.45) is -1.21. The van der Waals surface area contributed by atoms with Gasteiger partial charge in [0.25, 0.3) is 0 Å². The molecule has 2 N–H and O–H groups in total. The molecule has 104 valence electrons. The molecule has 0 atom stereocenters. The minimum atomic E-state index is -4.34. The second-order valence-electron chi connectivity index (χ2n) is 3.90. The fourth-order valence-corrected chi connectivity index (χ4v) is 1.73. The van der Waals surface area contributed by atoms with E-state index in [1.807, 2.05) is 0 Å². The van der Waals surface area contributed by atoms with Crippen molar-refractivity contribution in [3.8, 4) is 0 Å². The van der Waals surface area contributed by atoms with Gasteiger partial charge in [0.2, 0.25) is 0 Å². The number of benzene rings is 1. The number of hydrogen-bond donors (Lipinski definition) is 1. The number of nitrogens with zero attached hydrogens (tertiary/aromatic N) is 2. The first-order valence-corrected chi connectivity index (χ1v) is 5.36. The molecule has 0 saturated carbocycles. The predicted molar refractivity (Wildman–Crippen MR) is 67.9 cm³/mol. The Labute approximate surface area is 114 Å². The van der Waals surface area contributed by atoms with E-state index in [-0.39, 0.29) is 31.1 Å². The van der Waals surface area contributed by atoms with Crippen LogP contribution in [0.15, 0.2) is 36.8 Å². The van der Waals surface area contributed by atoms with E-state index in [9.17, 15) is 13.2 Å². The van der Waals surface area contributed by atoms with Crippen LogP contribution in [0, 0.1) is 0 Å². The van der Waals surface area contributed by atoms with Crippen molar-refractivity contribution in [2.75, 3.05) is 0 Å². The fraction of sp³-hybridized carbons (Fsp3) is 0.250. The molecule has 19 heavy (non-hydrogen) atoms. The standard InChI is InChI=1S/C12H12F3N3.ClH/c13-12(14,15)11-4-2-1-3-9(11)6-18-7-10(5-16)17-8-18;/h1-4,7-8H,5-6,16H2;1H. The number of nitrogens with two attached hydrogens (primary N) is 1. The van der Waals surface area contributed by atoms with Gasteiger partial charge in [-0.2, -0.15) is 13.2 Å². The summed E-state index contributed by atoms with van der Waals surface area (Å²) < 4.78 is 39.9. The minimum absolute atomic E-state index is 0. The SMILES string of the molecule is Cl.NCc1cn(Cc2ccccc2C(F)(F)F)cn1. The molecular weight excluding hydrogens is 279 g/mol. The Morgan fingerprint density at radius 3 is 2.47 bits per heavy atom. The highest BCUT2D eigenvalue weighted by atomic mass is 35.5. The number of alkyl halides is 3. The van der Waals surface area contributed by atoms with Crippen LogP contribution in [0.1, 0.15) is 16.8 Å². The van der Waals surface area contributed by atoms with Gasteiger partial charge in [-0.3, -0.25) is 0 Å². The molecule has 0 bridgehead atoms. The first kappa shape index (κ1) is 15.5. The maximum atomic E-state index is 12.8. The Morgan fingerprint density at radius 1 is 1.21 bits per heavy atom. The van der Waals surface area contributed by atoms with Gasteiger partial charge in [-0.05, 0) is 11.6 Å². The summed E-state index contributed by atoms with van der Waals surface area (Å²) >= 11 is 0. The van der Waals surface area contributed by atoms with Crippen molar-refractivity contribution in [2.45, 2.75) is 19.3 Å². The lowest BCUT2D eigenvalue weighted by molar-refractivity contribution is -0.138. The molecule has 0 amide bonds. The maximum Gasteiger partial charge on any atom is 0.416 e. The van der Waals surface area contributed by atoms with E-state index < -0.39 is 11.7 Å². The monoisotopic (exact) mass is 291 g/mol. The van der Waals surface area contributed by atoms with Gasteiger partial charge in [-0.1, -0.05) is 18.2 Å². The molecule has 0 fully saturated rings. The third kappa shape index (κ3) is 3.71. The van der Waals surface area contributed by atoms with E-state index in [2.05, 4.69) is 4.98 Å². The number of hydrogen-bond acceptors (Lipinski definition) is 2. The molecule has 0 spiro atoms. The van der Waals surface area contributed by atoms with E-state index in [0.717, 1.165) is 6.07 Å². The van der Waals surface area contributed by atoms with Crippen LogP contribution in [0.5, 0.6) is 0 Å². The average Bonchev–Trinajstić information content (AvgIpc) is 2.76. The van der Waals surface area contributed by atoms with Gasteiger partial charge in [0, 0.05) is 19.3 Å². The lowest BCUT2D eigenvalue weighted by Crippen LogP contribution is -2.11. The van der Waals surface area contributed by atoms with E-state index in [4.69, 9.17) is 5.73 Å². The molecule has 0 saturated heterocycles. The van der Waals surface area contributed by atoms with Crippen LogP contribution in [0.25, 0.3) is 0 Å². The van der Waals surface area contributed by atoms with Gasteiger partial charge in [0.15, 0.2) is 0 Å². The quantitative estimate of drug-likeness (QED) is 0.945. The van der Waals surface area contributed by atoms with Crippen molar-refractivity contribution < 1.29 is 13.2 Å². The third-order valence-electron chi connectivity index (χ3n) is 2.57. The highest BCUT2D eigenvalue weighted by molar-refractivity contribution is 5.85. The molecule has 0 aliphatic carbocycles. The van der Waals surface area contributed by atoms with Crippen LogP contribution >= 0.6 is 12.4 Å². The molecule has 0 aliphatic rings. The van der Waals surface area contributed by atoms with Crippen LogP contribution < -0.4 is 5.73 Å². The minimum Gasteiger partial charge on any atom is -0.333 e. The number of halogens is 4. The smallest absolute Gasteiger partial charge is 0.333 e. The zero-order chi connectivity index (χ0) is 13.2. The van der Waals surface area contributed by atoms with Gasteiger partial charge in [-0.25, -0.2) is 4.98 Å². The van der Waals surface area contributed by atoms with Crippen LogP contribution in [-0.2, 0) is 19.3 Å². The lowest BCUT2D eigenvalue weighted by Gasteiger charge is -2.12. The van der Waals surface area contributed by atoms with Gasteiger partial charge in [-0.15, -0.1) is 12.4 Å². The first-order chi connectivity index (χ1) is 8.50. The molecule has 3 nitrogen and oxygen atoms in total. The summed E-state index contributed by atoms with van der Waals surface area (Å²) in [6, 6.07) is 5.51. The third-order valence-corrected chi connectivity index (χ3v) is 2.57. The summed E-state index contributed by atoms with van der Waals surface area (Å²) in [5.41, 5.74) is 5.65. The van der Waals surface area contributed by atoms with Crippen LogP contribution in [-0.4, -0.2) is 9.55 Å². The molecule has 0 aliphatic heterocycles. The van der Waals surface area contributed by atoms with Crippen molar-refractivity contribution in [2.24, 2.45) is 5.73 Å². The number of imidazole rings is 1. The predicted octanol–water partition coefficient (Wildman–Crippen LogP) is 2.83. The summed E-state index contributed by atoms with van der Waals surface area (Å²) in [6.45, 7) is 0.399. The Balaban J connectivity index is 0.00000180. The summed E-state index contributed by atoms with van der Waals surface area (Å²) in [5.74, 6) is 0. The van der Waals surface area contributed by atoms with Crippen molar-refractivity contribution >= 4 is 12.4 Å². The van der Waals surface area contributed by atoms with Crippen LogP contribution in [0.3, 0.4) is 0 Å². The zero-order valence-electron chi connectivity index (χ0n) is 9.89. The molecule has 0 unspecified atom stereocenters. The first-order valence-electron chi connectivity index (χ1n) is 5.36. The molecule has 0 radical (unpaired) electrons. The van der Waals surface area contributed by atoms with Crippen molar-refractivity contribution in [1.29, 1.82) is 0 Å². The highest BCUT2D eigenvalue weighted by Crippen LogP contribution is 2.32. The molecule has 1 aromatic heterocycles. The van der Waals surface area contributed by atoms with Gasteiger partial charge in [0.1, 0.15) is 0 Å². The molecule has 1 heterocycles. The number of aromatic nitrogens is 2. The zero-order valence-corrected chi connectivity index (χ0v) is 10.7. The second-order valence-corrected chi connectivity index (χ2v) is 3.90. The maximum absolute atomic E-state index is 12.8. The largest absolute Gasteiger partial charge is 0.416 e. The van der Waals surface area contributed by atoms with E-state index >= 15 is 0 Å². The Bertz CT molecular complexity index is 537. The average molecular weight is 292 g/mol. The molecule has 7 heteroatoms. The summed E-state index contributed by atoms with van der Waals surface area (Å²) in [4.78, 5) is 3.98. The topological polar surface area (TPSA) is 43.8 Å². The van der Waals surface area contributed by atoms with E-state index in [1.54, 1.807) is 16.8 Å². The molecule has 1 aromatic carbocycles. The van der Waals surface area contributed by atoms with Gasteiger partial charge >= 0.3 is 6.18 Å². The van der Waals surface area contributed by atoms with E-state index in [0.29, 0.717) is 5.69 Å². The van der Waals surface area contributed by atoms with Crippen LogP contribution in [0.2, 0.25) is 0 Å².